The number of aromatic nitrogens is 3. The van der Waals surface area contributed by atoms with Crippen LogP contribution in [0.2, 0.25) is 0 Å². The number of benzene rings is 1. The standard InChI is InChI=1S/C11H14N4O/c1-8-3-4-10(12)11(5-8)16-7-9-6-15(2)14-13-9/h3-6H,7,12H2,1-2H3. The predicted octanol–water partition coefficient (Wildman–Crippen LogP) is 1.28. The van der Waals surface area contributed by atoms with Gasteiger partial charge in [0.15, 0.2) is 0 Å². The molecule has 2 aromatic rings. The maximum atomic E-state index is 5.79. The summed E-state index contributed by atoms with van der Waals surface area (Å²) in [6, 6.07) is 5.69. The van der Waals surface area contributed by atoms with E-state index in [1.807, 2.05) is 38.4 Å². The van der Waals surface area contributed by atoms with Crippen LogP contribution in [0.4, 0.5) is 5.69 Å². The highest BCUT2D eigenvalue weighted by Crippen LogP contribution is 2.22. The summed E-state index contributed by atoms with van der Waals surface area (Å²) in [6.45, 7) is 2.37. The molecule has 5 nitrogen and oxygen atoms in total. The van der Waals surface area contributed by atoms with Gasteiger partial charge in [0.25, 0.3) is 0 Å². The lowest BCUT2D eigenvalue weighted by molar-refractivity contribution is 0.302. The lowest BCUT2D eigenvalue weighted by Gasteiger charge is -2.07. The van der Waals surface area contributed by atoms with Crippen LogP contribution >= 0.6 is 0 Å². The zero-order valence-electron chi connectivity index (χ0n) is 9.34. The molecule has 0 aliphatic heterocycles. The topological polar surface area (TPSA) is 66.0 Å². The Bertz CT molecular complexity index is 492. The molecule has 0 aliphatic rings. The fraction of sp³-hybridized carbons (Fsp3) is 0.273. The van der Waals surface area contributed by atoms with Gasteiger partial charge in [0, 0.05) is 7.05 Å². The smallest absolute Gasteiger partial charge is 0.143 e. The van der Waals surface area contributed by atoms with Gasteiger partial charge in [-0.1, -0.05) is 11.3 Å². The quantitative estimate of drug-likeness (QED) is 0.788. The first-order chi connectivity index (χ1) is 7.65. The van der Waals surface area contributed by atoms with Crippen molar-refractivity contribution in [3.05, 3.63) is 35.7 Å². The molecule has 1 aromatic heterocycles. The van der Waals surface area contributed by atoms with Gasteiger partial charge in [-0.05, 0) is 24.6 Å². The van der Waals surface area contributed by atoms with E-state index in [-0.39, 0.29) is 0 Å². The van der Waals surface area contributed by atoms with E-state index in [0.29, 0.717) is 18.0 Å². The molecule has 0 bridgehead atoms. The molecule has 0 aliphatic carbocycles. The maximum Gasteiger partial charge on any atom is 0.143 e. The van der Waals surface area contributed by atoms with Crippen molar-refractivity contribution in [2.24, 2.45) is 7.05 Å². The Balaban J connectivity index is 2.07. The van der Waals surface area contributed by atoms with E-state index in [0.717, 1.165) is 11.3 Å². The Morgan fingerprint density at radius 3 is 2.94 bits per heavy atom. The zero-order chi connectivity index (χ0) is 11.5. The second kappa shape index (κ2) is 4.22. The third-order valence-corrected chi connectivity index (χ3v) is 2.19. The zero-order valence-corrected chi connectivity index (χ0v) is 9.34. The Kier molecular flexibility index (Phi) is 2.76. The van der Waals surface area contributed by atoms with Crippen LogP contribution in [-0.4, -0.2) is 15.0 Å². The molecule has 2 rings (SSSR count). The number of hydrogen-bond acceptors (Lipinski definition) is 4. The van der Waals surface area contributed by atoms with Gasteiger partial charge in [0.1, 0.15) is 18.1 Å². The summed E-state index contributed by atoms with van der Waals surface area (Å²) in [5.74, 6) is 0.686. The summed E-state index contributed by atoms with van der Waals surface area (Å²) in [7, 11) is 1.82. The Hall–Kier alpha value is -2.04. The van der Waals surface area contributed by atoms with E-state index >= 15 is 0 Å². The third kappa shape index (κ3) is 2.31. The van der Waals surface area contributed by atoms with Crippen molar-refractivity contribution in [2.75, 3.05) is 5.73 Å². The minimum absolute atomic E-state index is 0.376. The van der Waals surface area contributed by atoms with Gasteiger partial charge >= 0.3 is 0 Å². The van der Waals surface area contributed by atoms with Crippen LogP contribution in [0.3, 0.4) is 0 Å². The summed E-state index contributed by atoms with van der Waals surface area (Å²) < 4.78 is 7.21. The third-order valence-electron chi connectivity index (χ3n) is 2.19. The minimum atomic E-state index is 0.376. The molecule has 5 heteroatoms. The van der Waals surface area contributed by atoms with E-state index < -0.39 is 0 Å². The summed E-state index contributed by atoms with van der Waals surface area (Å²) >= 11 is 0. The van der Waals surface area contributed by atoms with Crippen molar-refractivity contribution in [2.45, 2.75) is 13.5 Å². The largest absolute Gasteiger partial charge is 0.485 e. The molecule has 16 heavy (non-hydrogen) atoms. The number of anilines is 1. The van der Waals surface area contributed by atoms with Crippen LogP contribution < -0.4 is 10.5 Å². The molecule has 0 saturated heterocycles. The molecule has 0 spiro atoms. The first-order valence-corrected chi connectivity index (χ1v) is 4.99. The van der Waals surface area contributed by atoms with Crippen molar-refractivity contribution in [1.29, 1.82) is 0 Å². The second-order valence-corrected chi connectivity index (χ2v) is 3.71. The van der Waals surface area contributed by atoms with Gasteiger partial charge in [0.2, 0.25) is 0 Å². The van der Waals surface area contributed by atoms with E-state index in [1.54, 1.807) is 4.68 Å². The molecule has 1 aromatic carbocycles. The first kappa shape index (κ1) is 10.5. The number of nitrogens with zero attached hydrogens (tertiary/aromatic N) is 3. The van der Waals surface area contributed by atoms with Crippen molar-refractivity contribution < 1.29 is 4.74 Å². The maximum absolute atomic E-state index is 5.79. The van der Waals surface area contributed by atoms with Crippen molar-refractivity contribution in [1.82, 2.24) is 15.0 Å². The van der Waals surface area contributed by atoms with E-state index in [9.17, 15) is 0 Å². The Labute approximate surface area is 93.8 Å². The van der Waals surface area contributed by atoms with Gasteiger partial charge in [0.05, 0.1) is 11.9 Å². The average molecular weight is 218 g/mol. The fourth-order valence-corrected chi connectivity index (χ4v) is 1.38. The molecule has 0 atom stereocenters. The van der Waals surface area contributed by atoms with E-state index in [1.165, 1.54) is 0 Å². The normalized spacial score (nSPS) is 10.4. The Morgan fingerprint density at radius 1 is 1.44 bits per heavy atom. The van der Waals surface area contributed by atoms with Gasteiger partial charge in [-0.15, -0.1) is 5.10 Å². The highest BCUT2D eigenvalue weighted by atomic mass is 16.5. The first-order valence-electron chi connectivity index (χ1n) is 4.99. The molecule has 0 unspecified atom stereocenters. The van der Waals surface area contributed by atoms with Gasteiger partial charge < -0.3 is 10.5 Å². The number of nitrogen functional groups attached to an aromatic ring is 1. The Morgan fingerprint density at radius 2 is 2.25 bits per heavy atom. The van der Waals surface area contributed by atoms with Gasteiger partial charge in [-0.25, -0.2) is 0 Å². The number of hydrogen-bond donors (Lipinski definition) is 1. The minimum Gasteiger partial charge on any atom is -0.485 e. The van der Waals surface area contributed by atoms with Gasteiger partial charge in [-0.3, -0.25) is 4.68 Å². The number of ether oxygens (including phenoxy) is 1. The molecular formula is C11H14N4O. The average Bonchev–Trinajstić information content (AvgIpc) is 2.66. The van der Waals surface area contributed by atoms with Crippen LogP contribution in [0.5, 0.6) is 5.75 Å². The van der Waals surface area contributed by atoms with Crippen molar-refractivity contribution in [3.8, 4) is 5.75 Å². The van der Waals surface area contributed by atoms with Crippen LogP contribution in [0, 0.1) is 6.92 Å². The molecule has 1 heterocycles. The molecule has 0 fully saturated rings. The van der Waals surface area contributed by atoms with E-state index in [4.69, 9.17) is 10.5 Å². The van der Waals surface area contributed by atoms with E-state index in [2.05, 4.69) is 10.3 Å². The van der Waals surface area contributed by atoms with Crippen LogP contribution in [0.15, 0.2) is 24.4 Å². The molecule has 0 saturated carbocycles. The molecule has 0 amide bonds. The molecular weight excluding hydrogens is 204 g/mol. The molecule has 0 radical (unpaired) electrons. The van der Waals surface area contributed by atoms with Crippen LogP contribution in [0.25, 0.3) is 0 Å². The van der Waals surface area contributed by atoms with Crippen LogP contribution in [-0.2, 0) is 13.7 Å². The highest BCUT2D eigenvalue weighted by Gasteiger charge is 2.03. The highest BCUT2D eigenvalue weighted by molar-refractivity contribution is 5.53. The lowest BCUT2D eigenvalue weighted by Crippen LogP contribution is -1.99. The molecule has 2 N–H and O–H groups in total. The summed E-state index contributed by atoms with van der Waals surface area (Å²) in [6.07, 6.45) is 1.81. The number of aryl methyl sites for hydroxylation is 2. The second-order valence-electron chi connectivity index (χ2n) is 3.71. The van der Waals surface area contributed by atoms with Crippen LogP contribution in [0.1, 0.15) is 11.3 Å². The molecule has 84 valence electrons. The lowest BCUT2D eigenvalue weighted by atomic mass is 10.2. The fourth-order valence-electron chi connectivity index (χ4n) is 1.38. The number of rotatable bonds is 3. The van der Waals surface area contributed by atoms with Crippen molar-refractivity contribution in [3.63, 3.8) is 0 Å². The SMILES string of the molecule is Cc1ccc(N)c(OCc2cn(C)nn2)c1. The van der Waals surface area contributed by atoms with Crippen molar-refractivity contribution >= 4 is 5.69 Å². The summed E-state index contributed by atoms with van der Waals surface area (Å²) in [5, 5.41) is 7.75. The number of nitrogens with two attached hydrogens (primary N) is 1. The van der Waals surface area contributed by atoms with Gasteiger partial charge in [-0.2, -0.15) is 0 Å². The summed E-state index contributed by atoms with van der Waals surface area (Å²) in [4.78, 5) is 0. The predicted molar refractivity (Wildman–Crippen MR) is 60.9 cm³/mol. The summed E-state index contributed by atoms with van der Waals surface area (Å²) in [5.41, 5.74) is 8.32. The monoisotopic (exact) mass is 218 g/mol.